The van der Waals surface area contributed by atoms with E-state index in [-0.39, 0.29) is 62.0 Å². The Morgan fingerprint density at radius 2 is 1.48 bits per heavy atom. The van der Waals surface area contributed by atoms with Crippen molar-refractivity contribution < 1.29 is 23.6 Å². The number of fused-ring (bicyclic) bond motifs is 1. The Bertz CT molecular complexity index is 1400. The van der Waals surface area contributed by atoms with Crippen LogP contribution in [0.3, 0.4) is 0 Å². The van der Waals surface area contributed by atoms with Crippen LogP contribution >= 0.6 is 0 Å². The fourth-order valence-corrected chi connectivity index (χ4v) is 5.88. The molecule has 3 aromatic rings. The summed E-state index contributed by atoms with van der Waals surface area (Å²) < 4.78 is 14.8. The zero-order valence-electron chi connectivity index (χ0n) is 23.6. The number of carbonyl (C=O) groups is 4. The maximum atomic E-state index is 14.8. The number of imide groups is 1. The average Bonchev–Trinajstić information content (AvgIpc) is 3.25. The highest BCUT2D eigenvalue weighted by atomic mass is 19.1. The first-order valence-corrected chi connectivity index (χ1v) is 14.7. The summed E-state index contributed by atoms with van der Waals surface area (Å²) in [5, 5.41) is 3.17. The molecule has 1 aliphatic heterocycles. The van der Waals surface area contributed by atoms with Crippen molar-refractivity contribution in [2.24, 2.45) is 0 Å². The molecule has 1 fully saturated rings. The topological polar surface area (TPSA) is 86.8 Å². The van der Waals surface area contributed by atoms with E-state index in [0.29, 0.717) is 16.7 Å². The van der Waals surface area contributed by atoms with Crippen LogP contribution in [0.5, 0.6) is 0 Å². The van der Waals surface area contributed by atoms with Crippen molar-refractivity contribution in [3.8, 4) is 0 Å². The third-order valence-corrected chi connectivity index (χ3v) is 8.17. The van der Waals surface area contributed by atoms with Crippen LogP contribution in [0, 0.1) is 5.82 Å². The lowest BCUT2D eigenvalue weighted by Crippen LogP contribution is -2.53. The third kappa shape index (κ3) is 6.75. The molecule has 4 amide bonds. The fourth-order valence-electron chi connectivity index (χ4n) is 5.88. The molecule has 1 saturated carbocycles. The number of carbonyl (C=O) groups excluding carboxylic acids is 4. The van der Waals surface area contributed by atoms with Gasteiger partial charge in [0.15, 0.2) is 0 Å². The second-order valence-corrected chi connectivity index (χ2v) is 11.1. The Labute approximate surface area is 245 Å². The van der Waals surface area contributed by atoms with E-state index >= 15 is 0 Å². The number of rotatable bonds is 11. The van der Waals surface area contributed by atoms with Gasteiger partial charge in [0.2, 0.25) is 11.8 Å². The molecule has 7 nitrogen and oxygen atoms in total. The summed E-state index contributed by atoms with van der Waals surface area (Å²) in [6.07, 6.45) is 5.51. The zero-order chi connectivity index (χ0) is 29.5. The van der Waals surface area contributed by atoms with Crippen molar-refractivity contribution in [2.75, 3.05) is 6.54 Å². The summed E-state index contributed by atoms with van der Waals surface area (Å²) in [6.45, 7) is -0.00262. The van der Waals surface area contributed by atoms with E-state index < -0.39 is 11.9 Å². The second-order valence-electron chi connectivity index (χ2n) is 11.1. The fraction of sp³-hybridized carbons (Fsp3) is 0.353. The molecule has 1 aliphatic carbocycles. The van der Waals surface area contributed by atoms with Crippen LogP contribution in [-0.2, 0) is 22.6 Å². The van der Waals surface area contributed by atoms with Crippen LogP contribution in [-0.4, -0.2) is 52.1 Å². The highest BCUT2D eigenvalue weighted by molar-refractivity contribution is 6.21. The third-order valence-electron chi connectivity index (χ3n) is 8.17. The summed E-state index contributed by atoms with van der Waals surface area (Å²) in [4.78, 5) is 55.9. The Morgan fingerprint density at radius 3 is 2.14 bits per heavy atom. The van der Waals surface area contributed by atoms with Crippen molar-refractivity contribution in [1.29, 1.82) is 0 Å². The van der Waals surface area contributed by atoms with Crippen molar-refractivity contribution in [2.45, 2.75) is 70.0 Å². The Hall–Kier alpha value is -4.33. The maximum absolute atomic E-state index is 14.8. The van der Waals surface area contributed by atoms with Gasteiger partial charge in [-0.2, -0.15) is 0 Å². The van der Waals surface area contributed by atoms with E-state index in [0.717, 1.165) is 42.6 Å². The first kappa shape index (κ1) is 29.2. The lowest BCUT2D eigenvalue weighted by molar-refractivity contribution is -0.141. The van der Waals surface area contributed by atoms with Crippen molar-refractivity contribution in [3.63, 3.8) is 0 Å². The van der Waals surface area contributed by atoms with Crippen LogP contribution in [0.15, 0.2) is 78.9 Å². The lowest BCUT2D eigenvalue weighted by atomic mass is 9.94. The molecule has 42 heavy (non-hydrogen) atoms. The van der Waals surface area contributed by atoms with Crippen molar-refractivity contribution >= 4 is 23.6 Å². The number of hydrogen-bond donors (Lipinski definition) is 1. The number of amides is 4. The first-order valence-electron chi connectivity index (χ1n) is 14.7. The van der Waals surface area contributed by atoms with Crippen LogP contribution in [0.2, 0.25) is 0 Å². The summed E-state index contributed by atoms with van der Waals surface area (Å²) >= 11 is 0. The number of nitrogens with zero attached hydrogens (tertiary/aromatic N) is 2. The quantitative estimate of drug-likeness (QED) is 0.318. The highest BCUT2D eigenvalue weighted by Crippen LogP contribution is 2.24. The minimum atomic E-state index is -0.860. The molecule has 2 aliphatic rings. The highest BCUT2D eigenvalue weighted by Gasteiger charge is 2.36. The number of nitrogens with one attached hydrogen (secondary N) is 1. The Morgan fingerprint density at radius 1 is 0.857 bits per heavy atom. The molecule has 1 N–H and O–H groups in total. The summed E-state index contributed by atoms with van der Waals surface area (Å²) in [7, 11) is 0. The van der Waals surface area contributed by atoms with E-state index in [1.807, 2.05) is 30.3 Å². The molecule has 8 heteroatoms. The summed E-state index contributed by atoms with van der Waals surface area (Å²) in [5.74, 6) is -1.79. The molecule has 0 unspecified atom stereocenters. The molecule has 1 atom stereocenters. The van der Waals surface area contributed by atoms with E-state index in [2.05, 4.69) is 5.32 Å². The number of hydrogen-bond acceptors (Lipinski definition) is 4. The minimum absolute atomic E-state index is 0.0101. The van der Waals surface area contributed by atoms with Gasteiger partial charge in [0, 0.05) is 37.5 Å². The van der Waals surface area contributed by atoms with Crippen LogP contribution < -0.4 is 5.32 Å². The second kappa shape index (κ2) is 13.6. The molecule has 218 valence electrons. The summed E-state index contributed by atoms with van der Waals surface area (Å²) in [5.41, 5.74) is 1.92. The SMILES string of the molecule is O=C(NC1CCCCC1)[C@H](Cc1ccccc1)N(Cc1ccccc1F)C(=O)CCCN1C(=O)c2ccccc2C1=O. The minimum Gasteiger partial charge on any atom is -0.352 e. The molecule has 0 radical (unpaired) electrons. The van der Waals surface area contributed by atoms with Gasteiger partial charge in [0.25, 0.3) is 11.8 Å². The molecule has 5 rings (SSSR count). The largest absolute Gasteiger partial charge is 0.352 e. The number of benzene rings is 3. The van der Waals surface area contributed by atoms with Crippen molar-refractivity contribution in [3.05, 3.63) is 107 Å². The van der Waals surface area contributed by atoms with E-state index in [4.69, 9.17) is 0 Å². The van der Waals surface area contributed by atoms with Crippen LogP contribution in [0.1, 0.15) is 76.8 Å². The van der Waals surface area contributed by atoms with Gasteiger partial charge in [-0.3, -0.25) is 24.1 Å². The molecule has 0 bridgehead atoms. The van der Waals surface area contributed by atoms with E-state index in [1.54, 1.807) is 42.5 Å². The Kier molecular flexibility index (Phi) is 9.41. The Balaban J connectivity index is 1.36. The normalized spacial score (nSPS) is 15.8. The van der Waals surface area contributed by atoms with Gasteiger partial charge in [-0.15, -0.1) is 0 Å². The monoisotopic (exact) mass is 569 g/mol. The summed E-state index contributed by atoms with van der Waals surface area (Å²) in [6, 6.07) is 21.6. The molecule has 0 saturated heterocycles. The number of halogens is 1. The van der Waals surface area contributed by atoms with E-state index in [9.17, 15) is 23.6 Å². The molecule has 3 aromatic carbocycles. The predicted molar refractivity (Wildman–Crippen MR) is 157 cm³/mol. The van der Waals surface area contributed by atoms with Gasteiger partial charge in [-0.25, -0.2) is 4.39 Å². The first-order chi connectivity index (χ1) is 20.4. The van der Waals surface area contributed by atoms with Crippen molar-refractivity contribution in [1.82, 2.24) is 15.1 Å². The average molecular weight is 570 g/mol. The maximum Gasteiger partial charge on any atom is 0.261 e. The molecule has 1 heterocycles. The van der Waals surface area contributed by atoms with Gasteiger partial charge >= 0.3 is 0 Å². The molecular weight excluding hydrogens is 533 g/mol. The zero-order valence-corrected chi connectivity index (χ0v) is 23.6. The predicted octanol–water partition coefficient (Wildman–Crippen LogP) is 5.29. The van der Waals surface area contributed by atoms with Crippen LogP contribution in [0.4, 0.5) is 4.39 Å². The van der Waals surface area contributed by atoms with Gasteiger partial charge < -0.3 is 10.2 Å². The standard InChI is InChI=1S/C34H36FN3O4/c35-29-19-10-7-14-25(29)23-38(31(39)20-11-21-37-33(41)27-17-8-9-18-28(27)34(37)42)30(22-24-12-3-1-4-13-24)32(40)36-26-15-5-2-6-16-26/h1,3-4,7-10,12-14,17-19,26,30H,2,5-6,11,15-16,20-23H2,(H,36,40)/t30-/m0/s1. The lowest BCUT2D eigenvalue weighted by Gasteiger charge is -2.33. The van der Waals surface area contributed by atoms with Gasteiger partial charge in [-0.05, 0) is 43.0 Å². The molecule has 0 spiro atoms. The molecular formula is C34H36FN3O4. The van der Waals surface area contributed by atoms with Gasteiger partial charge in [0.1, 0.15) is 11.9 Å². The smallest absolute Gasteiger partial charge is 0.261 e. The van der Waals surface area contributed by atoms with Crippen LogP contribution in [0.25, 0.3) is 0 Å². The van der Waals surface area contributed by atoms with Gasteiger partial charge in [-0.1, -0.05) is 79.9 Å². The molecule has 0 aromatic heterocycles. The van der Waals surface area contributed by atoms with Gasteiger partial charge in [0.05, 0.1) is 11.1 Å². The van der Waals surface area contributed by atoms with E-state index in [1.165, 1.54) is 11.0 Å².